The van der Waals surface area contributed by atoms with Gasteiger partial charge in [0.05, 0.1) is 24.3 Å². The molecule has 5 nitrogen and oxygen atoms in total. The molecule has 1 atom stereocenters. The van der Waals surface area contributed by atoms with E-state index in [0.717, 1.165) is 48.8 Å². The molecule has 1 aliphatic heterocycles. The van der Waals surface area contributed by atoms with Gasteiger partial charge >= 0.3 is 5.97 Å². The molecular weight excluding hydrogens is 330 g/mol. The molecule has 2 rings (SSSR count). The standard InChI is InChI=1S/C16H25N3O2S2/c1-4-12(16(20)21-5-2)8-10-22-15-14(17-23-18-15)13-7-6-9-19(3)11-13/h7,12H,4-6,8-11H2,1-3H3. The number of nitrogens with zero attached hydrogens (tertiary/aromatic N) is 3. The van der Waals surface area contributed by atoms with Gasteiger partial charge in [0.15, 0.2) is 0 Å². The molecule has 0 N–H and O–H groups in total. The Balaban J connectivity index is 1.90. The molecule has 7 heteroatoms. The van der Waals surface area contributed by atoms with Crippen LogP contribution in [0.15, 0.2) is 11.1 Å². The predicted molar refractivity (Wildman–Crippen MR) is 95.8 cm³/mol. The molecule has 0 aromatic carbocycles. The van der Waals surface area contributed by atoms with Crippen molar-refractivity contribution in [1.29, 1.82) is 0 Å². The van der Waals surface area contributed by atoms with Gasteiger partial charge in [0.1, 0.15) is 10.7 Å². The second kappa shape index (κ2) is 9.39. The summed E-state index contributed by atoms with van der Waals surface area (Å²) in [5.41, 5.74) is 2.29. The quantitative estimate of drug-likeness (QED) is 0.527. The summed E-state index contributed by atoms with van der Waals surface area (Å²) in [7, 11) is 2.13. The molecule has 1 aromatic rings. The lowest BCUT2D eigenvalue weighted by Crippen LogP contribution is -2.25. The first-order chi connectivity index (χ1) is 11.2. The Hall–Kier alpha value is -0.920. The molecule has 0 bridgehead atoms. The molecule has 0 aliphatic carbocycles. The second-order valence-corrected chi connectivity index (χ2v) is 7.28. The fraction of sp³-hybridized carbons (Fsp3) is 0.688. The van der Waals surface area contributed by atoms with Crippen LogP contribution in [0.25, 0.3) is 5.57 Å². The van der Waals surface area contributed by atoms with Crippen molar-refractivity contribution in [2.45, 2.75) is 38.1 Å². The van der Waals surface area contributed by atoms with Crippen molar-refractivity contribution in [1.82, 2.24) is 13.6 Å². The summed E-state index contributed by atoms with van der Waals surface area (Å²) < 4.78 is 14.0. The van der Waals surface area contributed by atoms with E-state index in [1.807, 2.05) is 13.8 Å². The van der Waals surface area contributed by atoms with E-state index in [9.17, 15) is 4.79 Å². The van der Waals surface area contributed by atoms with Gasteiger partial charge in [-0.3, -0.25) is 4.79 Å². The van der Waals surface area contributed by atoms with Gasteiger partial charge in [-0.05, 0) is 38.8 Å². The molecule has 0 saturated heterocycles. The van der Waals surface area contributed by atoms with E-state index in [-0.39, 0.29) is 11.9 Å². The van der Waals surface area contributed by atoms with Crippen LogP contribution in [-0.2, 0) is 9.53 Å². The van der Waals surface area contributed by atoms with Crippen LogP contribution in [0, 0.1) is 5.92 Å². The van der Waals surface area contributed by atoms with Crippen molar-refractivity contribution >= 4 is 35.0 Å². The summed E-state index contributed by atoms with van der Waals surface area (Å²) in [6, 6.07) is 0. The van der Waals surface area contributed by atoms with Crippen LogP contribution < -0.4 is 0 Å². The molecule has 0 saturated carbocycles. The van der Waals surface area contributed by atoms with Gasteiger partial charge in [0.25, 0.3) is 0 Å². The lowest BCUT2D eigenvalue weighted by Gasteiger charge is -2.22. The maximum absolute atomic E-state index is 11.8. The number of hydrogen-bond donors (Lipinski definition) is 0. The molecule has 23 heavy (non-hydrogen) atoms. The van der Waals surface area contributed by atoms with Gasteiger partial charge in [-0.2, -0.15) is 8.75 Å². The maximum Gasteiger partial charge on any atom is 0.308 e. The third-order valence-corrected chi connectivity index (χ3v) is 5.56. The van der Waals surface area contributed by atoms with Crippen molar-refractivity contribution < 1.29 is 9.53 Å². The first-order valence-electron chi connectivity index (χ1n) is 8.15. The normalized spacial score (nSPS) is 16.9. The minimum atomic E-state index is -0.0798. The minimum absolute atomic E-state index is 0.0162. The fourth-order valence-electron chi connectivity index (χ4n) is 2.58. The first kappa shape index (κ1) is 18.4. The SMILES string of the molecule is CCOC(=O)C(CC)CCSc1nsnc1C1=CCCN(C)C1. The number of carbonyl (C=O) groups excluding carboxylic acids is 1. The van der Waals surface area contributed by atoms with Gasteiger partial charge in [-0.25, -0.2) is 0 Å². The van der Waals surface area contributed by atoms with Gasteiger partial charge in [-0.15, -0.1) is 11.8 Å². The fourth-order valence-corrected chi connectivity index (χ4v) is 4.35. The molecule has 1 aromatic heterocycles. The molecule has 1 unspecified atom stereocenters. The van der Waals surface area contributed by atoms with E-state index in [2.05, 4.69) is 26.8 Å². The van der Waals surface area contributed by atoms with Crippen LogP contribution in [-0.4, -0.2) is 52.1 Å². The number of ether oxygens (including phenoxy) is 1. The second-order valence-electron chi connectivity index (χ2n) is 5.67. The summed E-state index contributed by atoms with van der Waals surface area (Å²) >= 11 is 2.97. The highest BCUT2D eigenvalue weighted by atomic mass is 32.2. The molecule has 0 fully saturated rings. The topological polar surface area (TPSA) is 55.3 Å². The predicted octanol–water partition coefficient (Wildman–Crippen LogP) is 3.33. The third kappa shape index (κ3) is 5.29. The summed E-state index contributed by atoms with van der Waals surface area (Å²) in [5.74, 6) is 0.764. The monoisotopic (exact) mass is 355 g/mol. The average molecular weight is 356 g/mol. The van der Waals surface area contributed by atoms with Crippen molar-refractivity contribution in [3.63, 3.8) is 0 Å². The van der Waals surface area contributed by atoms with Gasteiger partial charge in [-0.1, -0.05) is 13.0 Å². The zero-order chi connectivity index (χ0) is 16.7. The summed E-state index contributed by atoms with van der Waals surface area (Å²) in [6.07, 6.45) is 4.97. The van der Waals surface area contributed by atoms with Crippen LogP contribution in [0.1, 0.15) is 38.8 Å². The number of hydrogen-bond acceptors (Lipinski definition) is 7. The van der Waals surface area contributed by atoms with Gasteiger partial charge in [0, 0.05) is 18.8 Å². The number of likely N-dealkylation sites (N-methyl/N-ethyl adjacent to an activating group) is 1. The Kier molecular flexibility index (Phi) is 7.52. The first-order valence-corrected chi connectivity index (χ1v) is 9.87. The van der Waals surface area contributed by atoms with Crippen molar-refractivity contribution in [2.24, 2.45) is 5.92 Å². The molecule has 0 radical (unpaired) electrons. The minimum Gasteiger partial charge on any atom is -0.466 e. The van der Waals surface area contributed by atoms with Crippen LogP contribution in [0.4, 0.5) is 0 Å². The zero-order valence-corrected chi connectivity index (χ0v) is 15.7. The summed E-state index contributed by atoms with van der Waals surface area (Å²) in [6.45, 7) is 6.36. The highest BCUT2D eigenvalue weighted by Crippen LogP contribution is 2.30. The number of esters is 1. The van der Waals surface area contributed by atoms with E-state index < -0.39 is 0 Å². The van der Waals surface area contributed by atoms with Crippen molar-refractivity contribution in [2.75, 3.05) is 32.5 Å². The van der Waals surface area contributed by atoms with Crippen LogP contribution >= 0.6 is 23.5 Å². The van der Waals surface area contributed by atoms with E-state index in [0.29, 0.717) is 6.61 Å². The smallest absolute Gasteiger partial charge is 0.308 e. The highest BCUT2D eigenvalue weighted by Gasteiger charge is 2.20. The Labute approximate surface area is 146 Å². The number of rotatable bonds is 8. The summed E-state index contributed by atoms with van der Waals surface area (Å²) in [5, 5.41) is 0.996. The molecule has 0 spiro atoms. The Morgan fingerprint density at radius 1 is 1.48 bits per heavy atom. The van der Waals surface area contributed by atoms with E-state index >= 15 is 0 Å². The van der Waals surface area contributed by atoms with Gasteiger partial charge < -0.3 is 9.64 Å². The van der Waals surface area contributed by atoms with Crippen molar-refractivity contribution in [3.8, 4) is 0 Å². The van der Waals surface area contributed by atoms with Crippen LogP contribution in [0.2, 0.25) is 0 Å². The van der Waals surface area contributed by atoms with E-state index in [1.165, 1.54) is 17.3 Å². The number of aromatic nitrogens is 2. The lowest BCUT2D eigenvalue weighted by molar-refractivity contribution is -0.148. The lowest BCUT2D eigenvalue weighted by atomic mass is 10.0. The summed E-state index contributed by atoms with van der Waals surface area (Å²) in [4.78, 5) is 14.1. The van der Waals surface area contributed by atoms with Gasteiger partial charge in [0.2, 0.25) is 0 Å². The average Bonchev–Trinajstić information content (AvgIpc) is 3.00. The van der Waals surface area contributed by atoms with Crippen molar-refractivity contribution in [3.05, 3.63) is 11.8 Å². The Morgan fingerprint density at radius 3 is 3.00 bits per heavy atom. The number of carbonyl (C=O) groups is 1. The van der Waals surface area contributed by atoms with E-state index in [1.54, 1.807) is 11.8 Å². The van der Waals surface area contributed by atoms with Crippen LogP contribution in [0.3, 0.4) is 0 Å². The molecule has 128 valence electrons. The molecule has 1 aliphatic rings. The van der Waals surface area contributed by atoms with E-state index in [4.69, 9.17) is 4.74 Å². The molecular formula is C16H25N3O2S2. The largest absolute Gasteiger partial charge is 0.466 e. The van der Waals surface area contributed by atoms with Crippen LogP contribution in [0.5, 0.6) is 0 Å². The maximum atomic E-state index is 11.8. The molecule has 2 heterocycles. The zero-order valence-electron chi connectivity index (χ0n) is 14.1. The highest BCUT2D eigenvalue weighted by molar-refractivity contribution is 7.99. The number of thioether (sulfide) groups is 1. The third-order valence-electron chi connectivity index (χ3n) is 3.92. The molecule has 0 amide bonds. The Bertz CT molecular complexity index is 545. The Morgan fingerprint density at radius 2 is 2.30 bits per heavy atom.